The van der Waals surface area contributed by atoms with Crippen molar-refractivity contribution in [2.75, 3.05) is 0 Å². The Morgan fingerprint density at radius 1 is 1.00 bits per heavy atom. The van der Waals surface area contributed by atoms with Crippen LogP contribution in [0.4, 0.5) is 17.6 Å². The molecule has 0 radical (unpaired) electrons. The molecular formula is C16H20F4. The van der Waals surface area contributed by atoms with Crippen LogP contribution in [0.3, 0.4) is 0 Å². The third kappa shape index (κ3) is 2.70. The Bertz CT molecular complexity index is 449. The second-order valence-electron chi connectivity index (χ2n) is 6.00. The van der Waals surface area contributed by atoms with Gasteiger partial charge in [-0.25, -0.2) is 0 Å². The zero-order valence-electron chi connectivity index (χ0n) is 11.8. The van der Waals surface area contributed by atoms with Gasteiger partial charge in [-0.1, -0.05) is 44.1 Å². The summed E-state index contributed by atoms with van der Waals surface area (Å²) in [6, 6.07) is 0. The fraction of sp³-hybridized carbons (Fsp3) is 0.625. The fourth-order valence-electron chi connectivity index (χ4n) is 2.73. The van der Waals surface area contributed by atoms with E-state index in [0.29, 0.717) is 5.92 Å². The molecule has 2 aliphatic rings. The first-order valence-electron chi connectivity index (χ1n) is 7.08. The molecule has 1 saturated carbocycles. The summed E-state index contributed by atoms with van der Waals surface area (Å²) in [4.78, 5) is 0. The third-order valence-electron chi connectivity index (χ3n) is 4.37. The normalized spacial score (nSPS) is 32.9. The topological polar surface area (TPSA) is 0 Å². The van der Waals surface area contributed by atoms with E-state index in [1.54, 1.807) is 6.08 Å². The maximum absolute atomic E-state index is 13.8. The predicted octanol–water partition coefficient (Wildman–Crippen LogP) is 5.53. The molecule has 0 N–H and O–H groups in total. The lowest BCUT2D eigenvalue weighted by molar-refractivity contribution is -0.160. The largest absolute Gasteiger partial charge is 0.339 e. The van der Waals surface area contributed by atoms with E-state index in [1.807, 2.05) is 0 Å². The minimum absolute atomic E-state index is 0.225. The molecule has 0 aromatic rings. The van der Waals surface area contributed by atoms with Crippen LogP contribution in [0, 0.1) is 11.8 Å². The van der Waals surface area contributed by atoms with Crippen LogP contribution >= 0.6 is 0 Å². The van der Waals surface area contributed by atoms with E-state index in [1.165, 1.54) is 6.08 Å². The summed E-state index contributed by atoms with van der Waals surface area (Å²) in [5.41, 5.74) is -1.18. The summed E-state index contributed by atoms with van der Waals surface area (Å²) in [7, 11) is 0. The van der Waals surface area contributed by atoms with Crippen molar-refractivity contribution in [3.63, 3.8) is 0 Å². The molecule has 1 fully saturated rings. The highest BCUT2D eigenvalue weighted by molar-refractivity contribution is 5.42. The van der Waals surface area contributed by atoms with E-state index < -0.39 is 23.0 Å². The summed E-state index contributed by atoms with van der Waals surface area (Å²) in [5, 5.41) is 0. The molecule has 0 atom stereocenters. The summed E-state index contributed by atoms with van der Waals surface area (Å²) in [5.74, 6) is -7.32. The van der Waals surface area contributed by atoms with Crippen molar-refractivity contribution in [2.24, 2.45) is 11.8 Å². The van der Waals surface area contributed by atoms with Gasteiger partial charge in [-0.2, -0.15) is 17.6 Å². The Kier molecular flexibility index (Phi) is 4.12. The molecule has 0 unspecified atom stereocenters. The molecular weight excluding hydrogens is 268 g/mol. The Balaban J connectivity index is 2.13. The lowest BCUT2D eigenvalue weighted by atomic mass is 9.82. The van der Waals surface area contributed by atoms with Gasteiger partial charge in [0.15, 0.2) is 0 Å². The van der Waals surface area contributed by atoms with Gasteiger partial charge in [-0.15, -0.1) is 0 Å². The number of halogens is 4. The zero-order chi connectivity index (χ0) is 15.0. The first-order chi connectivity index (χ1) is 9.25. The van der Waals surface area contributed by atoms with Crippen molar-refractivity contribution in [1.29, 1.82) is 0 Å². The number of allylic oxidation sites excluding steroid dienone is 6. The Morgan fingerprint density at radius 3 is 2.20 bits per heavy atom. The van der Waals surface area contributed by atoms with E-state index in [9.17, 15) is 17.6 Å². The van der Waals surface area contributed by atoms with Gasteiger partial charge in [-0.05, 0) is 31.6 Å². The van der Waals surface area contributed by atoms with Crippen LogP contribution in [0.15, 0.2) is 35.5 Å². The van der Waals surface area contributed by atoms with Crippen molar-refractivity contribution in [3.8, 4) is 0 Å². The Morgan fingerprint density at radius 2 is 1.60 bits per heavy atom. The predicted molar refractivity (Wildman–Crippen MR) is 72.0 cm³/mol. The smallest absolute Gasteiger partial charge is 0.194 e. The van der Waals surface area contributed by atoms with Crippen LogP contribution in [-0.2, 0) is 0 Å². The van der Waals surface area contributed by atoms with Crippen LogP contribution in [0.2, 0.25) is 0 Å². The average Bonchev–Trinajstić information content (AvgIpc) is 2.38. The van der Waals surface area contributed by atoms with E-state index in [0.717, 1.165) is 44.8 Å². The Hall–Kier alpha value is -1.06. The molecule has 20 heavy (non-hydrogen) atoms. The molecule has 2 aliphatic carbocycles. The number of hydrogen-bond donors (Lipinski definition) is 0. The van der Waals surface area contributed by atoms with Crippen LogP contribution in [-0.4, -0.2) is 11.8 Å². The van der Waals surface area contributed by atoms with E-state index >= 15 is 0 Å². The summed E-state index contributed by atoms with van der Waals surface area (Å²) >= 11 is 0. The molecule has 112 valence electrons. The van der Waals surface area contributed by atoms with Crippen molar-refractivity contribution in [2.45, 2.75) is 51.4 Å². The van der Waals surface area contributed by atoms with Gasteiger partial charge in [-0.3, -0.25) is 0 Å². The highest BCUT2D eigenvalue weighted by Crippen LogP contribution is 2.47. The van der Waals surface area contributed by atoms with Crippen LogP contribution in [0.5, 0.6) is 0 Å². The van der Waals surface area contributed by atoms with Gasteiger partial charge in [0.1, 0.15) is 0 Å². The second kappa shape index (κ2) is 5.38. The minimum atomic E-state index is -4.12. The minimum Gasteiger partial charge on any atom is -0.194 e. The maximum Gasteiger partial charge on any atom is 0.339 e. The standard InChI is InChI=1S/C16H20F4/c1-11-3-6-13(7-4-11)8-10-14-9-5-12(2)15(17,18)16(14,19)20/h5,8-11,13H,3-4,6-7H2,1-2H3/b10-8+. The van der Waals surface area contributed by atoms with Gasteiger partial charge in [0.05, 0.1) is 0 Å². The molecule has 0 spiro atoms. The first-order valence-corrected chi connectivity index (χ1v) is 7.08. The van der Waals surface area contributed by atoms with E-state index in [2.05, 4.69) is 6.92 Å². The molecule has 0 nitrogen and oxygen atoms in total. The number of hydrogen-bond acceptors (Lipinski definition) is 0. The summed E-state index contributed by atoms with van der Waals surface area (Å²) in [6.45, 7) is 3.21. The van der Waals surface area contributed by atoms with Crippen molar-refractivity contribution in [3.05, 3.63) is 35.5 Å². The van der Waals surface area contributed by atoms with Crippen molar-refractivity contribution >= 4 is 0 Å². The van der Waals surface area contributed by atoms with Gasteiger partial charge < -0.3 is 0 Å². The third-order valence-corrected chi connectivity index (χ3v) is 4.37. The lowest BCUT2D eigenvalue weighted by Crippen LogP contribution is -2.44. The molecule has 0 aromatic heterocycles. The quantitative estimate of drug-likeness (QED) is 0.586. The monoisotopic (exact) mass is 288 g/mol. The van der Waals surface area contributed by atoms with Gasteiger partial charge in [0.25, 0.3) is 0 Å². The van der Waals surface area contributed by atoms with Gasteiger partial charge >= 0.3 is 11.8 Å². The molecule has 4 heteroatoms. The summed E-state index contributed by atoms with van der Waals surface area (Å²) in [6.07, 6.45) is 9.09. The van der Waals surface area contributed by atoms with E-state index in [4.69, 9.17) is 0 Å². The fourth-order valence-corrected chi connectivity index (χ4v) is 2.73. The zero-order valence-corrected chi connectivity index (χ0v) is 11.8. The molecule has 0 bridgehead atoms. The Labute approximate surface area is 117 Å². The second-order valence-corrected chi connectivity index (χ2v) is 6.00. The average molecular weight is 288 g/mol. The summed E-state index contributed by atoms with van der Waals surface area (Å²) < 4.78 is 54.7. The van der Waals surface area contributed by atoms with E-state index in [-0.39, 0.29) is 5.92 Å². The molecule has 0 amide bonds. The van der Waals surface area contributed by atoms with Crippen molar-refractivity contribution in [1.82, 2.24) is 0 Å². The molecule has 2 rings (SSSR count). The van der Waals surface area contributed by atoms with Gasteiger partial charge in [0.2, 0.25) is 0 Å². The molecule has 0 saturated heterocycles. The first kappa shape index (κ1) is 15.3. The number of rotatable bonds is 2. The van der Waals surface area contributed by atoms with Crippen LogP contribution in [0.25, 0.3) is 0 Å². The molecule has 0 aliphatic heterocycles. The highest BCUT2D eigenvalue weighted by Gasteiger charge is 2.60. The maximum atomic E-state index is 13.8. The van der Waals surface area contributed by atoms with Crippen LogP contribution in [0.1, 0.15) is 39.5 Å². The van der Waals surface area contributed by atoms with Crippen LogP contribution < -0.4 is 0 Å². The van der Waals surface area contributed by atoms with Crippen molar-refractivity contribution < 1.29 is 17.6 Å². The SMILES string of the molecule is CC1=CC=C(/C=C/C2CCC(C)CC2)C(F)(F)C1(F)F. The number of alkyl halides is 4. The highest BCUT2D eigenvalue weighted by atomic mass is 19.3. The molecule has 0 heterocycles. The molecule has 0 aromatic carbocycles. The lowest BCUT2D eigenvalue weighted by Gasteiger charge is -2.31. The van der Waals surface area contributed by atoms with Gasteiger partial charge in [0, 0.05) is 11.1 Å².